The van der Waals surface area contributed by atoms with Crippen molar-refractivity contribution in [3.63, 3.8) is 0 Å². The minimum Gasteiger partial charge on any atom is -0.493 e. The van der Waals surface area contributed by atoms with Gasteiger partial charge in [0, 0.05) is 13.1 Å². The first-order chi connectivity index (χ1) is 12.0. The fourth-order valence-electron chi connectivity index (χ4n) is 2.62. The smallest absolute Gasteiger partial charge is 0.306 e. The fourth-order valence-corrected chi connectivity index (χ4v) is 2.62. The number of ether oxygens (including phenoxy) is 3. The Labute approximate surface area is 146 Å². The Morgan fingerprint density at radius 1 is 1.44 bits per heavy atom. The normalized spacial score (nSPS) is 17.0. The van der Waals surface area contributed by atoms with E-state index in [0.717, 1.165) is 5.56 Å². The molecule has 1 saturated heterocycles. The first-order valence-electron chi connectivity index (χ1n) is 8.05. The molecule has 1 aliphatic rings. The van der Waals surface area contributed by atoms with Gasteiger partial charge in [0.05, 0.1) is 26.2 Å². The molecule has 1 N–H and O–H groups in total. The molecule has 25 heavy (non-hydrogen) atoms. The molecule has 0 saturated carbocycles. The van der Waals surface area contributed by atoms with E-state index < -0.39 is 12.1 Å². The summed E-state index contributed by atoms with van der Waals surface area (Å²) in [5.41, 5.74) is 1.04. The summed E-state index contributed by atoms with van der Waals surface area (Å²) in [7, 11) is 1.54. The maximum absolute atomic E-state index is 12.3. The van der Waals surface area contributed by atoms with Crippen LogP contribution in [0.25, 0.3) is 0 Å². The number of carboxylic acids is 1. The van der Waals surface area contributed by atoms with Crippen LogP contribution in [0.1, 0.15) is 12.0 Å². The highest BCUT2D eigenvalue weighted by atomic mass is 16.5. The Bertz CT molecular complexity index is 630. The van der Waals surface area contributed by atoms with E-state index in [1.54, 1.807) is 24.2 Å². The summed E-state index contributed by atoms with van der Waals surface area (Å²) >= 11 is 0. The SMILES string of the molecule is C=CCc1ccc(OCC(=O)N2CCOC(CC(=O)O)C2)c(OC)c1. The molecule has 0 radical (unpaired) electrons. The molecule has 1 aliphatic heterocycles. The molecule has 0 spiro atoms. The second kappa shape index (κ2) is 9.08. The maximum atomic E-state index is 12.3. The van der Waals surface area contributed by atoms with Gasteiger partial charge in [0.25, 0.3) is 5.91 Å². The van der Waals surface area contributed by atoms with E-state index in [1.807, 2.05) is 12.1 Å². The fraction of sp³-hybridized carbons (Fsp3) is 0.444. The van der Waals surface area contributed by atoms with Crippen LogP contribution in [0.15, 0.2) is 30.9 Å². The molecular formula is C18H23NO6. The average molecular weight is 349 g/mol. The highest BCUT2D eigenvalue weighted by Crippen LogP contribution is 2.28. The minimum atomic E-state index is -0.945. The van der Waals surface area contributed by atoms with Crippen LogP contribution in [0.2, 0.25) is 0 Å². The number of methoxy groups -OCH3 is 1. The zero-order valence-corrected chi connectivity index (χ0v) is 14.3. The van der Waals surface area contributed by atoms with Gasteiger partial charge in [-0.25, -0.2) is 0 Å². The lowest BCUT2D eigenvalue weighted by Crippen LogP contribution is -2.47. The third kappa shape index (κ3) is 5.49. The zero-order chi connectivity index (χ0) is 18.2. The molecule has 136 valence electrons. The topological polar surface area (TPSA) is 85.3 Å². The highest BCUT2D eigenvalue weighted by Gasteiger charge is 2.26. The van der Waals surface area contributed by atoms with Gasteiger partial charge in [-0.3, -0.25) is 9.59 Å². The molecular weight excluding hydrogens is 326 g/mol. The molecule has 1 aromatic rings. The monoisotopic (exact) mass is 349 g/mol. The van der Waals surface area contributed by atoms with E-state index >= 15 is 0 Å². The summed E-state index contributed by atoms with van der Waals surface area (Å²) in [4.78, 5) is 24.7. The van der Waals surface area contributed by atoms with Crippen molar-refractivity contribution in [2.75, 3.05) is 33.4 Å². The van der Waals surface area contributed by atoms with Gasteiger partial charge in [0.15, 0.2) is 18.1 Å². The van der Waals surface area contributed by atoms with Gasteiger partial charge < -0.3 is 24.2 Å². The molecule has 7 nitrogen and oxygen atoms in total. The summed E-state index contributed by atoms with van der Waals surface area (Å²) in [5, 5.41) is 8.83. The molecule has 0 bridgehead atoms. The predicted octanol–water partition coefficient (Wildman–Crippen LogP) is 1.50. The van der Waals surface area contributed by atoms with Crippen molar-refractivity contribution < 1.29 is 28.9 Å². The summed E-state index contributed by atoms with van der Waals surface area (Å²) in [6.45, 7) is 4.56. The number of allylic oxidation sites excluding steroid dienone is 1. The molecule has 1 atom stereocenters. The van der Waals surface area contributed by atoms with Crippen LogP contribution in [-0.4, -0.2) is 61.4 Å². The maximum Gasteiger partial charge on any atom is 0.306 e. The van der Waals surface area contributed by atoms with E-state index in [2.05, 4.69) is 6.58 Å². The van der Waals surface area contributed by atoms with Crippen LogP contribution in [0.3, 0.4) is 0 Å². The lowest BCUT2D eigenvalue weighted by Gasteiger charge is -2.32. The van der Waals surface area contributed by atoms with E-state index in [1.165, 1.54) is 0 Å². The van der Waals surface area contributed by atoms with Crippen molar-refractivity contribution in [3.05, 3.63) is 36.4 Å². The number of nitrogens with zero attached hydrogens (tertiary/aromatic N) is 1. The standard InChI is InChI=1S/C18H23NO6/c1-3-4-13-5-6-15(16(9-13)23-2)25-12-17(20)19-7-8-24-14(11-19)10-18(21)22/h3,5-6,9,14H,1,4,7-8,10-12H2,2H3,(H,21,22). The molecule has 0 aliphatic carbocycles. The van der Waals surface area contributed by atoms with Gasteiger partial charge in [-0.2, -0.15) is 0 Å². The van der Waals surface area contributed by atoms with Crippen molar-refractivity contribution in [3.8, 4) is 11.5 Å². The van der Waals surface area contributed by atoms with E-state index in [4.69, 9.17) is 19.3 Å². The third-order valence-corrected chi connectivity index (χ3v) is 3.85. The zero-order valence-electron chi connectivity index (χ0n) is 14.3. The molecule has 2 rings (SSSR count). The van der Waals surface area contributed by atoms with Crippen molar-refractivity contribution in [1.82, 2.24) is 4.90 Å². The number of carbonyl (C=O) groups excluding carboxylic acids is 1. The Kier molecular flexibility index (Phi) is 6.82. The lowest BCUT2D eigenvalue weighted by atomic mass is 10.1. The molecule has 7 heteroatoms. The van der Waals surface area contributed by atoms with Crippen molar-refractivity contribution in [2.45, 2.75) is 18.9 Å². The number of carbonyl (C=O) groups is 2. The Balaban J connectivity index is 1.92. The molecule has 1 amide bonds. The second-order valence-corrected chi connectivity index (χ2v) is 5.70. The largest absolute Gasteiger partial charge is 0.493 e. The van der Waals surface area contributed by atoms with Gasteiger partial charge in [0.1, 0.15) is 0 Å². The number of rotatable bonds is 8. The molecule has 0 aromatic heterocycles. The van der Waals surface area contributed by atoms with Gasteiger partial charge in [0.2, 0.25) is 0 Å². The van der Waals surface area contributed by atoms with Gasteiger partial charge in [-0.15, -0.1) is 6.58 Å². The number of hydrogen-bond donors (Lipinski definition) is 1. The number of hydrogen-bond acceptors (Lipinski definition) is 5. The van der Waals surface area contributed by atoms with Gasteiger partial charge in [-0.1, -0.05) is 12.1 Å². The second-order valence-electron chi connectivity index (χ2n) is 5.70. The number of carboxylic acid groups (broad SMARTS) is 1. The Morgan fingerprint density at radius 2 is 2.24 bits per heavy atom. The molecule has 1 aromatic carbocycles. The predicted molar refractivity (Wildman–Crippen MR) is 91.0 cm³/mol. The summed E-state index contributed by atoms with van der Waals surface area (Å²) in [5.74, 6) is -0.118. The van der Waals surface area contributed by atoms with Gasteiger partial charge >= 0.3 is 5.97 Å². The van der Waals surface area contributed by atoms with Crippen molar-refractivity contribution in [1.29, 1.82) is 0 Å². The van der Waals surface area contributed by atoms with Crippen LogP contribution < -0.4 is 9.47 Å². The average Bonchev–Trinajstić information content (AvgIpc) is 2.60. The number of aliphatic carboxylic acids is 1. The van der Waals surface area contributed by atoms with E-state index in [9.17, 15) is 9.59 Å². The molecule has 1 unspecified atom stereocenters. The summed E-state index contributed by atoms with van der Waals surface area (Å²) in [6, 6.07) is 5.50. The Hall–Kier alpha value is -2.54. The highest BCUT2D eigenvalue weighted by molar-refractivity contribution is 5.78. The third-order valence-electron chi connectivity index (χ3n) is 3.85. The van der Waals surface area contributed by atoms with Crippen LogP contribution in [-0.2, 0) is 20.7 Å². The minimum absolute atomic E-state index is 0.122. The first kappa shape index (κ1) is 18.8. The van der Waals surface area contributed by atoms with Gasteiger partial charge in [-0.05, 0) is 24.1 Å². The quantitative estimate of drug-likeness (QED) is 0.716. The van der Waals surface area contributed by atoms with Crippen LogP contribution >= 0.6 is 0 Å². The summed E-state index contributed by atoms with van der Waals surface area (Å²) < 4.78 is 16.3. The Morgan fingerprint density at radius 3 is 2.92 bits per heavy atom. The van der Waals surface area contributed by atoms with Crippen molar-refractivity contribution in [2.24, 2.45) is 0 Å². The molecule has 1 heterocycles. The number of amides is 1. The first-order valence-corrected chi connectivity index (χ1v) is 8.05. The lowest BCUT2D eigenvalue weighted by molar-refractivity contribution is -0.148. The number of benzene rings is 1. The summed E-state index contributed by atoms with van der Waals surface area (Å²) in [6.07, 6.45) is 1.91. The van der Waals surface area contributed by atoms with E-state index in [0.29, 0.717) is 31.1 Å². The molecule has 1 fully saturated rings. The van der Waals surface area contributed by atoms with Crippen LogP contribution in [0.4, 0.5) is 0 Å². The van der Waals surface area contributed by atoms with Crippen LogP contribution in [0, 0.1) is 0 Å². The van der Waals surface area contributed by atoms with Crippen molar-refractivity contribution >= 4 is 11.9 Å². The van der Waals surface area contributed by atoms with Crippen LogP contribution in [0.5, 0.6) is 11.5 Å². The van der Waals surface area contributed by atoms with E-state index in [-0.39, 0.29) is 25.5 Å². The number of morpholine rings is 1.